The number of hydrogen-bond donors (Lipinski definition) is 7. The van der Waals surface area contributed by atoms with Gasteiger partial charge in [0.15, 0.2) is 18.9 Å². The van der Waals surface area contributed by atoms with E-state index in [0.29, 0.717) is 39.7 Å². The fourth-order valence-corrected chi connectivity index (χ4v) is 4.74. The molecule has 5 aromatic rings. The zero-order valence-corrected chi connectivity index (χ0v) is 35.3. The van der Waals surface area contributed by atoms with Gasteiger partial charge in [0.05, 0.1) is 5.56 Å². The number of aromatic carboxylic acids is 1. The molecule has 0 atom stereocenters. The Morgan fingerprint density at radius 3 is 0.983 bits per heavy atom. The fourth-order valence-electron chi connectivity index (χ4n) is 4.74. The van der Waals surface area contributed by atoms with Crippen LogP contribution in [0.1, 0.15) is 45.9 Å². The van der Waals surface area contributed by atoms with Crippen LogP contribution in [-0.2, 0) is 0 Å². The molecule has 5 aromatic carbocycles. The van der Waals surface area contributed by atoms with Crippen LogP contribution in [0.25, 0.3) is 22.8 Å². The van der Waals surface area contributed by atoms with Gasteiger partial charge >= 0.3 is 5.97 Å². The van der Waals surface area contributed by atoms with Crippen LogP contribution >= 0.6 is 0 Å². The largest absolute Gasteiger partial charge is 0.665 e. The van der Waals surface area contributed by atoms with Gasteiger partial charge in [-0.1, -0.05) is 72.8 Å². The predicted octanol–water partition coefficient (Wildman–Crippen LogP) is 3.44. The Hall–Kier alpha value is -2.63. The summed E-state index contributed by atoms with van der Waals surface area (Å²) in [5.74, 6) is 1.12. The third-order valence-electron chi connectivity index (χ3n) is 7.45. The Bertz CT molecular complexity index is 2050. The molecular formula is C40H40Er3N2O13-2. The Labute approximate surface area is 421 Å². The average molecular weight is 1260 g/mol. The molecule has 7 rings (SSSR count). The van der Waals surface area contributed by atoms with Crippen LogP contribution in [0.4, 0.5) is 11.4 Å². The van der Waals surface area contributed by atoms with Gasteiger partial charge in [0.25, 0.3) is 0 Å². The van der Waals surface area contributed by atoms with Gasteiger partial charge in [-0.3, -0.25) is 0 Å². The van der Waals surface area contributed by atoms with Crippen LogP contribution in [-0.4, -0.2) is 58.1 Å². The molecule has 2 aliphatic rings. The van der Waals surface area contributed by atoms with Crippen molar-refractivity contribution in [1.82, 2.24) is 0 Å². The quantitative estimate of drug-likeness (QED) is 0.111. The van der Waals surface area contributed by atoms with Crippen molar-refractivity contribution in [1.29, 1.82) is 0 Å². The molecule has 0 saturated heterocycles. The van der Waals surface area contributed by atoms with E-state index in [1.807, 2.05) is 12.2 Å². The van der Waals surface area contributed by atoms with Crippen molar-refractivity contribution in [3.63, 3.8) is 0 Å². The number of ether oxygens (including phenoxy) is 2. The topological polar surface area (TPSA) is 300 Å². The van der Waals surface area contributed by atoms with Crippen molar-refractivity contribution in [2.24, 2.45) is 0 Å². The molecule has 0 saturated carbocycles. The molecular weight excluding hydrogens is 1220 g/mol. The molecule has 13 N–H and O–H groups in total. The van der Waals surface area contributed by atoms with E-state index in [0.717, 1.165) is 21.8 Å². The van der Waals surface area contributed by atoms with Gasteiger partial charge in [0.2, 0.25) is 0 Å². The van der Waals surface area contributed by atoms with E-state index >= 15 is 0 Å². The zero-order chi connectivity index (χ0) is 37.0. The average Bonchev–Trinajstić information content (AvgIpc) is 3.16. The number of aliphatic hydroxyl groups excluding tert-OH is 3. The third-order valence-corrected chi connectivity index (χ3v) is 7.45. The normalized spacial score (nSPS) is 10.8. The molecule has 18 heteroatoms. The molecule has 58 heavy (non-hydrogen) atoms. The first-order valence-electron chi connectivity index (χ1n) is 15.7. The zero-order valence-electron chi connectivity index (χ0n) is 29.7. The second kappa shape index (κ2) is 28.8. The van der Waals surface area contributed by atoms with Crippen molar-refractivity contribution in [2.75, 3.05) is 0 Å². The van der Waals surface area contributed by atoms with Gasteiger partial charge in [-0.05, 0) is 71.1 Å². The molecule has 0 radical (unpaired) electrons. The summed E-state index contributed by atoms with van der Waals surface area (Å²) in [5.41, 5.74) is 3.27. The van der Waals surface area contributed by atoms with E-state index < -0.39 is 24.8 Å². The first-order valence-corrected chi connectivity index (χ1v) is 15.7. The summed E-state index contributed by atoms with van der Waals surface area (Å²) >= 11 is 0. The van der Waals surface area contributed by atoms with Crippen LogP contribution in [0.2, 0.25) is 0 Å². The number of carboxylic acid groups (broad SMARTS) is 1. The van der Waals surface area contributed by atoms with E-state index in [1.54, 1.807) is 85.2 Å². The number of hydrogen-bond acceptors (Lipinski definition) is 9. The number of nitrogens with zero attached hydrogens (tertiary/aromatic N) is 2. The predicted molar refractivity (Wildman–Crippen MR) is 204 cm³/mol. The second-order valence-electron chi connectivity index (χ2n) is 11.1. The van der Waals surface area contributed by atoms with Gasteiger partial charge in [-0.15, -0.1) is 11.4 Å². The third kappa shape index (κ3) is 17.2. The van der Waals surface area contributed by atoms with Gasteiger partial charge in [-0.25, -0.2) is 4.79 Å². The van der Waals surface area contributed by atoms with Crippen molar-refractivity contribution in [3.05, 3.63) is 177 Å². The summed E-state index contributed by atoms with van der Waals surface area (Å²) < 4.78 is 11.0. The minimum atomic E-state index is -1.51. The Kier molecular flexibility index (Phi) is 28.5. The van der Waals surface area contributed by atoms with Crippen LogP contribution < -0.4 is 19.9 Å². The standard InChI is InChI=1S/C14H14O5.C14H12O5.C12H8N2.3Er.3H2O/c2*15-13(16)9-1-5-11(6-2-9)19-12-7-3-10(4-8-12)14(17)18;1-3-9-5-6-10-4-2-8-14-12(10)11(9)13-7-1;;;;;;/h1-8,13-18H;1-8,13,15-16H,(H,17,18);1-8H;;;;3*1H2/q;;-2;;;;;;. The van der Waals surface area contributed by atoms with E-state index in [-0.39, 0.29) is 134 Å². The molecule has 0 unspecified atom stereocenters. The van der Waals surface area contributed by atoms with Crippen LogP contribution in [0.5, 0.6) is 23.0 Å². The van der Waals surface area contributed by atoms with Gasteiger partial charge in [-0.2, -0.15) is 12.4 Å². The minimum Gasteiger partial charge on any atom is -0.665 e. The molecule has 0 spiro atoms. The summed E-state index contributed by atoms with van der Waals surface area (Å²) in [7, 11) is 0. The molecule has 0 amide bonds. The molecule has 326 valence electrons. The molecule has 0 aromatic heterocycles. The van der Waals surface area contributed by atoms with E-state index in [2.05, 4.69) is 34.9 Å². The number of carboxylic acids is 1. The second-order valence-corrected chi connectivity index (χ2v) is 11.1. The van der Waals surface area contributed by atoms with Crippen LogP contribution in [0.15, 0.2) is 134 Å². The number of benzene rings is 5. The van der Waals surface area contributed by atoms with E-state index in [1.165, 1.54) is 24.3 Å². The SMILES string of the molecule is C1=C[N-]c2c3c(ccc2=C1)=CC=C[N-]3.O.O.O.O=C(O)c1ccc(Oc2ccc(C(O)O)cc2)cc1.OC(O)c1ccc(Oc2ccc(C(O)O)cc2)cc1.[Er].[Er].[Er]. The van der Waals surface area contributed by atoms with Gasteiger partial charge < -0.3 is 72.3 Å². The first-order chi connectivity index (χ1) is 25.1. The summed E-state index contributed by atoms with van der Waals surface area (Å²) in [6.07, 6.45) is 7.08. The van der Waals surface area contributed by atoms with Crippen molar-refractivity contribution in [3.8, 4) is 23.0 Å². The minimum absolute atomic E-state index is 0. The monoisotopic (exact) mass is 1250 g/mol. The Morgan fingerprint density at radius 2 is 0.724 bits per heavy atom. The smallest absolute Gasteiger partial charge is 0.335 e. The number of carbonyl (C=O) groups is 1. The van der Waals surface area contributed by atoms with Crippen molar-refractivity contribution in [2.45, 2.75) is 18.9 Å². The molecule has 2 aliphatic heterocycles. The van der Waals surface area contributed by atoms with E-state index in [4.69, 9.17) is 45.2 Å². The number of aliphatic hydroxyl groups is 6. The van der Waals surface area contributed by atoms with Gasteiger partial charge in [0.1, 0.15) is 23.0 Å². The summed E-state index contributed by atoms with van der Waals surface area (Å²) in [6, 6.07) is 29.1. The summed E-state index contributed by atoms with van der Waals surface area (Å²) in [5, 5.41) is 73.4. The maximum absolute atomic E-state index is 10.7. The van der Waals surface area contributed by atoms with Crippen LogP contribution in [0, 0.1) is 112 Å². The van der Waals surface area contributed by atoms with Gasteiger partial charge in [0, 0.05) is 129 Å². The van der Waals surface area contributed by atoms with Crippen molar-refractivity contribution >= 4 is 29.5 Å². The summed E-state index contributed by atoms with van der Waals surface area (Å²) in [6.45, 7) is 0. The maximum Gasteiger partial charge on any atom is 0.335 e. The first kappa shape index (κ1) is 57.5. The molecule has 2 heterocycles. The van der Waals surface area contributed by atoms with Crippen molar-refractivity contribution < 1.29 is 178 Å². The molecule has 0 aliphatic carbocycles. The molecule has 0 bridgehead atoms. The maximum atomic E-state index is 10.7. The number of rotatable bonds is 8. The molecule has 0 fully saturated rings. The summed E-state index contributed by atoms with van der Waals surface area (Å²) in [4.78, 5) is 10.7. The molecule has 15 nitrogen and oxygen atoms in total. The van der Waals surface area contributed by atoms with E-state index in [9.17, 15) is 4.79 Å². The van der Waals surface area contributed by atoms with Crippen LogP contribution in [0.3, 0.4) is 0 Å². The number of allylic oxidation sites excluding steroid dienone is 2. The Morgan fingerprint density at radius 1 is 0.448 bits per heavy atom. The number of fused-ring (bicyclic) bond motifs is 3. The fraction of sp³-hybridized carbons (Fsp3) is 0.0750. The Balaban J connectivity index is 0.